The van der Waals surface area contributed by atoms with Crippen molar-refractivity contribution < 1.29 is 9.53 Å². The molecule has 1 unspecified atom stereocenters. The van der Waals surface area contributed by atoms with Crippen LogP contribution in [-0.4, -0.2) is 5.97 Å². The van der Waals surface area contributed by atoms with Crippen molar-refractivity contribution in [3.8, 4) is 0 Å². The van der Waals surface area contributed by atoms with E-state index in [9.17, 15) is 4.79 Å². The summed E-state index contributed by atoms with van der Waals surface area (Å²) in [5.74, 6) is -0.388. The Bertz CT molecular complexity index is 293. The summed E-state index contributed by atoms with van der Waals surface area (Å²) in [4.78, 5) is 10.7. The summed E-state index contributed by atoms with van der Waals surface area (Å²) in [6.07, 6.45) is 0. The predicted octanol–water partition coefficient (Wildman–Crippen LogP) is 2.66. The highest BCUT2D eigenvalue weighted by Crippen LogP contribution is 2.29. The molecule has 1 aromatic carbocycles. The van der Waals surface area contributed by atoms with Crippen LogP contribution in [0.15, 0.2) is 30.3 Å². The third-order valence-corrected chi connectivity index (χ3v) is 1.92. The lowest BCUT2D eigenvalue weighted by Crippen LogP contribution is -2.21. The van der Waals surface area contributed by atoms with Gasteiger partial charge >= 0.3 is 5.97 Å². The second-order valence-electron chi connectivity index (χ2n) is 2.88. The first kappa shape index (κ1) is 10.1. The summed E-state index contributed by atoms with van der Waals surface area (Å²) in [5.41, 5.74) is 0.770. The van der Waals surface area contributed by atoms with E-state index < -0.39 is 5.06 Å². The molecule has 1 atom stereocenters. The quantitative estimate of drug-likeness (QED) is 0.540. The van der Waals surface area contributed by atoms with E-state index in [1.807, 2.05) is 30.3 Å². The van der Waals surface area contributed by atoms with Crippen LogP contribution in [0.25, 0.3) is 0 Å². The summed E-state index contributed by atoms with van der Waals surface area (Å²) in [6.45, 7) is 2.98. The molecule has 0 aliphatic rings. The third-order valence-electron chi connectivity index (χ3n) is 1.62. The lowest BCUT2D eigenvalue weighted by molar-refractivity contribution is -0.148. The Morgan fingerprint density at radius 1 is 1.38 bits per heavy atom. The predicted molar refractivity (Wildman–Crippen MR) is 51.4 cm³/mol. The van der Waals surface area contributed by atoms with Crippen molar-refractivity contribution >= 4 is 17.6 Å². The second kappa shape index (κ2) is 3.79. The van der Waals surface area contributed by atoms with Gasteiger partial charge in [-0.05, 0) is 6.92 Å². The first-order chi connectivity index (χ1) is 6.02. The van der Waals surface area contributed by atoms with Crippen LogP contribution in [0.1, 0.15) is 19.4 Å². The Morgan fingerprint density at radius 3 is 2.38 bits per heavy atom. The molecule has 0 fully saturated rings. The number of rotatable bonds is 2. The van der Waals surface area contributed by atoms with E-state index >= 15 is 0 Å². The maximum Gasteiger partial charge on any atom is 0.304 e. The van der Waals surface area contributed by atoms with Crippen molar-refractivity contribution in [1.82, 2.24) is 0 Å². The maximum atomic E-state index is 10.7. The highest BCUT2D eigenvalue weighted by atomic mass is 35.5. The summed E-state index contributed by atoms with van der Waals surface area (Å²) in [6, 6.07) is 9.20. The Morgan fingerprint density at radius 2 is 1.92 bits per heavy atom. The van der Waals surface area contributed by atoms with E-state index in [-0.39, 0.29) is 5.97 Å². The first-order valence-electron chi connectivity index (χ1n) is 3.96. The zero-order valence-electron chi connectivity index (χ0n) is 7.58. The Kier molecular flexibility index (Phi) is 2.94. The number of benzene rings is 1. The zero-order chi connectivity index (χ0) is 9.90. The second-order valence-corrected chi connectivity index (χ2v) is 3.60. The van der Waals surface area contributed by atoms with Gasteiger partial charge < -0.3 is 4.74 Å². The van der Waals surface area contributed by atoms with Gasteiger partial charge in [0.1, 0.15) is 0 Å². The fourth-order valence-electron chi connectivity index (χ4n) is 1.06. The zero-order valence-corrected chi connectivity index (χ0v) is 8.34. The van der Waals surface area contributed by atoms with Crippen molar-refractivity contribution in [3.63, 3.8) is 0 Å². The number of carbonyl (C=O) groups excluding carboxylic acids is 1. The molecule has 0 aliphatic heterocycles. The van der Waals surface area contributed by atoms with E-state index in [1.54, 1.807) is 6.92 Å². The van der Waals surface area contributed by atoms with E-state index in [2.05, 4.69) is 0 Å². The molecule has 0 aromatic heterocycles. The van der Waals surface area contributed by atoms with Crippen molar-refractivity contribution in [2.45, 2.75) is 18.9 Å². The van der Waals surface area contributed by atoms with Gasteiger partial charge in [-0.25, -0.2) is 0 Å². The molecule has 0 N–H and O–H groups in total. The number of alkyl halides is 1. The van der Waals surface area contributed by atoms with Crippen molar-refractivity contribution in [2.75, 3.05) is 0 Å². The minimum atomic E-state index is -1.06. The molecule has 3 heteroatoms. The lowest BCUT2D eigenvalue weighted by atomic mass is 10.1. The van der Waals surface area contributed by atoms with Crippen LogP contribution in [0.3, 0.4) is 0 Å². The Labute approximate surface area is 82.5 Å². The molecule has 0 saturated heterocycles. The van der Waals surface area contributed by atoms with E-state index in [4.69, 9.17) is 16.3 Å². The number of halogens is 1. The van der Waals surface area contributed by atoms with E-state index in [0.717, 1.165) is 5.56 Å². The average Bonchev–Trinajstić information content (AvgIpc) is 2.04. The summed E-state index contributed by atoms with van der Waals surface area (Å²) in [5, 5.41) is -1.06. The normalized spacial score (nSPS) is 14.7. The largest absolute Gasteiger partial charge is 0.439 e. The molecule has 1 aromatic rings. The van der Waals surface area contributed by atoms with Gasteiger partial charge in [0.25, 0.3) is 0 Å². The number of ether oxygens (including phenoxy) is 1. The number of hydrogen-bond acceptors (Lipinski definition) is 2. The average molecular weight is 199 g/mol. The van der Waals surface area contributed by atoms with Gasteiger partial charge in [-0.2, -0.15) is 0 Å². The molecular weight excluding hydrogens is 188 g/mol. The summed E-state index contributed by atoms with van der Waals surface area (Å²) < 4.78 is 4.95. The van der Waals surface area contributed by atoms with Crippen molar-refractivity contribution in [3.05, 3.63) is 35.9 Å². The van der Waals surface area contributed by atoms with Crippen LogP contribution < -0.4 is 0 Å². The lowest BCUT2D eigenvalue weighted by Gasteiger charge is -2.21. The minimum Gasteiger partial charge on any atom is -0.439 e. The van der Waals surface area contributed by atoms with Crippen LogP contribution in [-0.2, 0) is 14.6 Å². The third kappa shape index (κ3) is 2.74. The molecule has 0 saturated carbocycles. The van der Waals surface area contributed by atoms with Crippen LogP contribution in [0, 0.1) is 0 Å². The van der Waals surface area contributed by atoms with Gasteiger partial charge in [-0.15, -0.1) is 0 Å². The smallest absolute Gasteiger partial charge is 0.304 e. The summed E-state index contributed by atoms with van der Waals surface area (Å²) in [7, 11) is 0. The molecule has 0 spiro atoms. The van der Waals surface area contributed by atoms with Crippen LogP contribution in [0.5, 0.6) is 0 Å². The molecule has 0 amide bonds. The molecule has 0 radical (unpaired) electrons. The molecular formula is C10H11ClO2. The van der Waals surface area contributed by atoms with Gasteiger partial charge in [0.05, 0.1) is 0 Å². The number of esters is 1. The monoisotopic (exact) mass is 198 g/mol. The standard InChI is InChI=1S/C10H11ClO2/c1-8(12)13-10(2,11)9-6-4-3-5-7-9/h3-7H,1-2H3. The topological polar surface area (TPSA) is 26.3 Å². The first-order valence-corrected chi connectivity index (χ1v) is 4.34. The maximum absolute atomic E-state index is 10.7. The summed E-state index contributed by atoms with van der Waals surface area (Å²) >= 11 is 6.01. The minimum absolute atomic E-state index is 0.388. The molecule has 0 bridgehead atoms. The van der Waals surface area contributed by atoms with Gasteiger partial charge in [0.2, 0.25) is 5.06 Å². The molecule has 0 heterocycles. The van der Waals surface area contributed by atoms with Crippen molar-refractivity contribution in [2.24, 2.45) is 0 Å². The Balaban J connectivity index is 2.87. The highest BCUT2D eigenvalue weighted by Gasteiger charge is 2.26. The SMILES string of the molecule is CC(=O)OC(C)(Cl)c1ccccc1. The van der Waals surface area contributed by atoms with E-state index in [1.165, 1.54) is 6.92 Å². The number of carbonyl (C=O) groups is 1. The molecule has 0 aliphatic carbocycles. The molecule has 13 heavy (non-hydrogen) atoms. The van der Waals surface area contributed by atoms with Gasteiger partial charge in [-0.3, -0.25) is 4.79 Å². The molecule has 70 valence electrons. The highest BCUT2D eigenvalue weighted by molar-refractivity contribution is 6.23. The fourth-order valence-corrected chi connectivity index (χ4v) is 1.30. The van der Waals surface area contributed by atoms with Crippen molar-refractivity contribution in [1.29, 1.82) is 0 Å². The van der Waals surface area contributed by atoms with Gasteiger partial charge in [0, 0.05) is 12.5 Å². The number of hydrogen-bond donors (Lipinski definition) is 0. The fraction of sp³-hybridized carbons (Fsp3) is 0.300. The van der Waals surface area contributed by atoms with Crippen LogP contribution in [0.2, 0.25) is 0 Å². The molecule has 2 nitrogen and oxygen atoms in total. The Hall–Kier alpha value is -1.02. The molecule has 1 rings (SSSR count). The van der Waals surface area contributed by atoms with Crippen LogP contribution in [0.4, 0.5) is 0 Å². The van der Waals surface area contributed by atoms with Gasteiger partial charge in [-0.1, -0.05) is 41.9 Å². The van der Waals surface area contributed by atoms with Gasteiger partial charge in [0.15, 0.2) is 0 Å². The van der Waals surface area contributed by atoms with Crippen LogP contribution >= 0.6 is 11.6 Å². The van der Waals surface area contributed by atoms with E-state index in [0.29, 0.717) is 0 Å².